The van der Waals surface area contributed by atoms with Crippen LogP contribution < -0.4 is 14.8 Å². The number of halogens is 1. The zero-order chi connectivity index (χ0) is 16.8. The van der Waals surface area contributed by atoms with Crippen molar-refractivity contribution in [2.75, 3.05) is 20.2 Å². The van der Waals surface area contributed by atoms with Crippen LogP contribution in [0.2, 0.25) is 0 Å². The zero-order valence-electron chi connectivity index (χ0n) is 14.1. The summed E-state index contributed by atoms with van der Waals surface area (Å²) in [5.41, 5.74) is 1.64. The van der Waals surface area contributed by atoms with Crippen LogP contribution in [-0.4, -0.2) is 20.2 Å². The number of hydrogen-bond donors (Lipinski definition) is 1. The lowest BCUT2D eigenvalue weighted by Crippen LogP contribution is -2.31. The maximum atomic E-state index is 15.0. The van der Waals surface area contributed by atoms with Gasteiger partial charge >= 0.3 is 0 Å². The summed E-state index contributed by atoms with van der Waals surface area (Å²) in [6.07, 6.45) is 2.92. The van der Waals surface area contributed by atoms with Crippen molar-refractivity contribution in [3.8, 4) is 11.5 Å². The highest BCUT2D eigenvalue weighted by Crippen LogP contribution is 2.32. The number of nitrogens with one attached hydrogen (secondary N) is 1. The Morgan fingerprint density at radius 1 is 1.12 bits per heavy atom. The van der Waals surface area contributed by atoms with Gasteiger partial charge in [-0.3, -0.25) is 0 Å². The van der Waals surface area contributed by atoms with Crippen molar-refractivity contribution < 1.29 is 13.9 Å². The first kappa shape index (κ1) is 16.8. The van der Waals surface area contributed by atoms with Gasteiger partial charge in [0.25, 0.3) is 0 Å². The summed E-state index contributed by atoms with van der Waals surface area (Å²) in [5.74, 6) is 1.03. The third-order valence-corrected chi connectivity index (χ3v) is 4.51. The first-order chi connectivity index (χ1) is 11.8. The normalized spacial score (nSPS) is 17.5. The van der Waals surface area contributed by atoms with E-state index in [0.29, 0.717) is 36.0 Å². The standard InChI is InChI=1S/C20H24FNO2/c1-23-18-9-10-19(24-14-15-6-3-2-4-7-15)20(21)17(18)12-16-8-5-11-22-13-16/h2-4,6-7,9-10,16,22H,5,8,11-14H2,1H3. The number of methoxy groups -OCH3 is 1. The molecule has 0 aromatic heterocycles. The average Bonchev–Trinajstić information content (AvgIpc) is 2.64. The van der Waals surface area contributed by atoms with E-state index in [0.717, 1.165) is 31.5 Å². The van der Waals surface area contributed by atoms with Crippen LogP contribution in [0.25, 0.3) is 0 Å². The predicted octanol–water partition coefficient (Wildman–Crippen LogP) is 3.96. The molecule has 1 fully saturated rings. The molecule has 1 atom stereocenters. The van der Waals surface area contributed by atoms with Gasteiger partial charge in [-0.15, -0.1) is 0 Å². The second kappa shape index (κ2) is 8.15. The third-order valence-electron chi connectivity index (χ3n) is 4.51. The van der Waals surface area contributed by atoms with Crippen molar-refractivity contribution in [1.82, 2.24) is 5.32 Å². The van der Waals surface area contributed by atoms with Gasteiger partial charge in [-0.25, -0.2) is 4.39 Å². The molecule has 3 rings (SSSR count). The van der Waals surface area contributed by atoms with Gasteiger partial charge in [-0.2, -0.15) is 0 Å². The van der Waals surface area contributed by atoms with Crippen LogP contribution in [0.15, 0.2) is 42.5 Å². The van der Waals surface area contributed by atoms with Gasteiger partial charge in [0.15, 0.2) is 11.6 Å². The molecule has 1 aliphatic heterocycles. The van der Waals surface area contributed by atoms with E-state index >= 15 is 0 Å². The van der Waals surface area contributed by atoms with Crippen LogP contribution in [0.3, 0.4) is 0 Å². The van der Waals surface area contributed by atoms with E-state index in [1.54, 1.807) is 19.2 Å². The fourth-order valence-electron chi connectivity index (χ4n) is 3.20. The van der Waals surface area contributed by atoms with Gasteiger partial charge in [-0.05, 0) is 56.0 Å². The number of ether oxygens (including phenoxy) is 2. The van der Waals surface area contributed by atoms with Crippen molar-refractivity contribution >= 4 is 0 Å². The Balaban J connectivity index is 1.76. The summed E-state index contributed by atoms with van der Waals surface area (Å²) in [6, 6.07) is 13.2. The van der Waals surface area contributed by atoms with Crippen LogP contribution in [0.4, 0.5) is 4.39 Å². The fraction of sp³-hybridized carbons (Fsp3) is 0.400. The highest BCUT2D eigenvalue weighted by molar-refractivity contribution is 5.42. The Bertz CT molecular complexity index is 654. The van der Waals surface area contributed by atoms with E-state index < -0.39 is 0 Å². The molecule has 2 aromatic carbocycles. The molecule has 1 unspecified atom stereocenters. The van der Waals surface area contributed by atoms with Crippen molar-refractivity contribution in [2.45, 2.75) is 25.9 Å². The lowest BCUT2D eigenvalue weighted by atomic mass is 9.91. The first-order valence-electron chi connectivity index (χ1n) is 8.50. The van der Waals surface area contributed by atoms with Gasteiger partial charge in [0, 0.05) is 5.56 Å². The molecule has 128 valence electrons. The number of benzene rings is 2. The van der Waals surface area contributed by atoms with Crippen molar-refractivity contribution in [1.29, 1.82) is 0 Å². The SMILES string of the molecule is COc1ccc(OCc2ccccc2)c(F)c1CC1CCCNC1. The minimum Gasteiger partial charge on any atom is -0.496 e. The average molecular weight is 329 g/mol. The molecular weight excluding hydrogens is 305 g/mol. The topological polar surface area (TPSA) is 30.5 Å². The minimum atomic E-state index is -0.296. The minimum absolute atomic E-state index is 0.290. The fourth-order valence-corrected chi connectivity index (χ4v) is 3.20. The highest BCUT2D eigenvalue weighted by Gasteiger charge is 2.21. The number of hydrogen-bond acceptors (Lipinski definition) is 3. The van der Waals surface area contributed by atoms with E-state index in [1.165, 1.54) is 0 Å². The van der Waals surface area contributed by atoms with Gasteiger partial charge in [0.05, 0.1) is 7.11 Å². The molecule has 1 aliphatic rings. The third kappa shape index (κ3) is 4.06. The van der Waals surface area contributed by atoms with Crippen molar-refractivity contribution in [3.63, 3.8) is 0 Å². The summed E-state index contributed by atoms with van der Waals surface area (Å²) in [7, 11) is 1.59. The number of piperidine rings is 1. The molecular formula is C20H24FNO2. The first-order valence-corrected chi connectivity index (χ1v) is 8.50. The Kier molecular flexibility index (Phi) is 5.70. The summed E-state index contributed by atoms with van der Waals surface area (Å²) < 4.78 is 26.0. The Labute approximate surface area is 142 Å². The van der Waals surface area contributed by atoms with E-state index in [9.17, 15) is 4.39 Å². The molecule has 4 heteroatoms. The number of rotatable bonds is 6. The van der Waals surface area contributed by atoms with Crippen molar-refractivity contribution in [3.05, 3.63) is 59.4 Å². The predicted molar refractivity (Wildman–Crippen MR) is 93.0 cm³/mol. The van der Waals surface area contributed by atoms with Crippen LogP contribution in [-0.2, 0) is 13.0 Å². The molecule has 0 saturated carbocycles. The Hall–Kier alpha value is -2.07. The summed E-state index contributed by atoms with van der Waals surface area (Å²) in [4.78, 5) is 0. The molecule has 24 heavy (non-hydrogen) atoms. The molecule has 0 bridgehead atoms. The van der Waals surface area contributed by atoms with Gasteiger partial charge in [0.1, 0.15) is 12.4 Å². The van der Waals surface area contributed by atoms with Crippen LogP contribution in [0, 0.1) is 11.7 Å². The van der Waals surface area contributed by atoms with Crippen LogP contribution >= 0.6 is 0 Å². The highest BCUT2D eigenvalue weighted by atomic mass is 19.1. The van der Waals surface area contributed by atoms with E-state index in [2.05, 4.69) is 5.32 Å². The molecule has 0 aliphatic carbocycles. The van der Waals surface area contributed by atoms with E-state index in [-0.39, 0.29) is 5.82 Å². The summed E-state index contributed by atoms with van der Waals surface area (Å²) in [6.45, 7) is 2.34. The largest absolute Gasteiger partial charge is 0.496 e. The smallest absolute Gasteiger partial charge is 0.171 e. The summed E-state index contributed by atoms with van der Waals surface area (Å²) >= 11 is 0. The Morgan fingerprint density at radius 3 is 2.62 bits per heavy atom. The monoisotopic (exact) mass is 329 g/mol. The van der Waals surface area contributed by atoms with Crippen LogP contribution in [0.1, 0.15) is 24.0 Å². The lowest BCUT2D eigenvalue weighted by Gasteiger charge is -2.24. The maximum absolute atomic E-state index is 15.0. The van der Waals surface area contributed by atoms with E-state index in [1.807, 2.05) is 30.3 Å². The Morgan fingerprint density at radius 2 is 1.92 bits per heavy atom. The maximum Gasteiger partial charge on any atom is 0.171 e. The molecule has 1 heterocycles. The molecule has 3 nitrogen and oxygen atoms in total. The molecule has 0 radical (unpaired) electrons. The second-order valence-corrected chi connectivity index (χ2v) is 6.25. The van der Waals surface area contributed by atoms with E-state index in [4.69, 9.17) is 9.47 Å². The molecule has 2 aromatic rings. The summed E-state index contributed by atoms with van der Waals surface area (Å²) in [5, 5.41) is 3.38. The molecule has 0 amide bonds. The molecule has 1 N–H and O–H groups in total. The molecule has 0 spiro atoms. The molecule has 1 saturated heterocycles. The van der Waals surface area contributed by atoms with Gasteiger partial charge in [-0.1, -0.05) is 30.3 Å². The van der Waals surface area contributed by atoms with Crippen LogP contribution in [0.5, 0.6) is 11.5 Å². The second-order valence-electron chi connectivity index (χ2n) is 6.25. The van der Waals surface area contributed by atoms with Gasteiger partial charge in [0.2, 0.25) is 0 Å². The zero-order valence-corrected chi connectivity index (χ0v) is 14.1. The van der Waals surface area contributed by atoms with Gasteiger partial charge < -0.3 is 14.8 Å². The lowest BCUT2D eigenvalue weighted by molar-refractivity contribution is 0.285. The van der Waals surface area contributed by atoms with Crippen molar-refractivity contribution in [2.24, 2.45) is 5.92 Å². The quantitative estimate of drug-likeness (QED) is 0.870.